The molecule has 4 aliphatic carbocycles. The molecule has 4 heterocycles. The van der Waals surface area contributed by atoms with E-state index in [2.05, 4.69) is 190 Å². The number of nitrogens with zero attached hydrogens (tertiary/aromatic N) is 3. The van der Waals surface area contributed by atoms with Gasteiger partial charge in [0.25, 0.3) is 0 Å². The van der Waals surface area contributed by atoms with Crippen LogP contribution in [0.4, 0.5) is 0 Å². The van der Waals surface area contributed by atoms with Gasteiger partial charge in [0.05, 0.1) is 44.5 Å². The standard InChI is InChI=1S/C58H43N3/c1-7-22-50-40(14-1)41-15-2-8-23-51(41)59(50)39-33-47-45-19-6-12-27-55(45)61-56-46(44-18-5-11-26-54(44)60-52-24-9-3-16-42(52)43-17-4-10-25-53(43)60)20-13-21-48(56)58(49(34-39)57(47)61)37-29-35-28-36(31-37)32-38(58)30-35/h1-27,33-38H,28-32H2. The minimum absolute atomic E-state index is 0.0854. The molecule has 1 spiro atoms. The molecular formula is C58H43N3. The first-order chi connectivity index (χ1) is 30.3. The van der Waals surface area contributed by atoms with E-state index in [4.69, 9.17) is 0 Å². The summed E-state index contributed by atoms with van der Waals surface area (Å²) >= 11 is 0. The van der Waals surface area contributed by atoms with Crippen LogP contribution in [0.15, 0.2) is 176 Å². The van der Waals surface area contributed by atoms with Gasteiger partial charge in [-0.05, 0) is 115 Å². The molecular weight excluding hydrogens is 739 g/mol. The number of hydrogen-bond acceptors (Lipinski definition) is 0. The van der Waals surface area contributed by atoms with E-state index < -0.39 is 0 Å². The maximum Gasteiger partial charge on any atom is 0.0584 e. The van der Waals surface area contributed by atoms with Crippen molar-refractivity contribution < 1.29 is 0 Å². The van der Waals surface area contributed by atoms with E-state index in [-0.39, 0.29) is 5.41 Å². The molecule has 0 N–H and O–H groups in total. The SMILES string of the molecule is c1ccc(-n2c3ccccc3c3ccccc32)c(-c2cccc3c2-n2c4ccccc4c4cc(-n5c6ccccc6c6ccccc65)cc(c42)C32C3CC4CC(C3)CC2C4)c1. The van der Waals surface area contributed by atoms with Crippen LogP contribution in [0, 0.1) is 23.7 Å². The minimum Gasteiger partial charge on any atom is -0.309 e. The Labute approximate surface area is 354 Å². The summed E-state index contributed by atoms with van der Waals surface area (Å²) < 4.78 is 7.82. The third-order valence-corrected chi connectivity index (χ3v) is 16.2. The van der Waals surface area contributed by atoms with Crippen LogP contribution in [-0.4, -0.2) is 13.7 Å². The van der Waals surface area contributed by atoms with E-state index in [1.54, 1.807) is 11.1 Å². The Hall–Kier alpha value is -6.84. The molecule has 3 nitrogen and oxygen atoms in total. The molecule has 1 aliphatic heterocycles. The number of hydrogen-bond donors (Lipinski definition) is 0. The predicted molar refractivity (Wildman–Crippen MR) is 253 cm³/mol. The van der Waals surface area contributed by atoms with E-state index in [9.17, 15) is 0 Å². The number of rotatable bonds is 3. The average Bonchev–Trinajstić information content (AvgIpc) is 3.95. The third-order valence-electron chi connectivity index (χ3n) is 16.2. The lowest BCUT2D eigenvalue weighted by Crippen LogP contribution is -2.57. The summed E-state index contributed by atoms with van der Waals surface area (Å²) in [6.07, 6.45) is 6.75. The number of fused-ring (bicyclic) bond motifs is 11. The van der Waals surface area contributed by atoms with E-state index in [0.717, 1.165) is 11.8 Å². The number of para-hydroxylation sites is 7. The molecule has 11 aromatic rings. The number of benzene rings is 8. The predicted octanol–water partition coefficient (Wildman–Crippen LogP) is 14.7. The van der Waals surface area contributed by atoms with Crippen LogP contribution < -0.4 is 0 Å². The first kappa shape index (κ1) is 32.9. The summed E-state index contributed by atoms with van der Waals surface area (Å²) in [4.78, 5) is 0. The quantitative estimate of drug-likeness (QED) is 0.170. The van der Waals surface area contributed by atoms with Crippen molar-refractivity contribution >= 4 is 65.4 Å². The zero-order chi connectivity index (χ0) is 39.6. The van der Waals surface area contributed by atoms with Crippen molar-refractivity contribution in [3.05, 3.63) is 187 Å². The number of aromatic nitrogens is 3. The smallest absolute Gasteiger partial charge is 0.0584 e. The van der Waals surface area contributed by atoms with Gasteiger partial charge in [-0.2, -0.15) is 0 Å². The Bertz CT molecular complexity index is 3550. The van der Waals surface area contributed by atoms with Crippen LogP contribution in [-0.2, 0) is 5.41 Å². The lowest BCUT2D eigenvalue weighted by Gasteiger charge is -2.63. The van der Waals surface area contributed by atoms with Crippen LogP contribution in [0.2, 0.25) is 0 Å². The molecule has 16 rings (SSSR count). The van der Waals surface area contributed by atoms with Gasteiger partial charge in [-0.25, -0.2) is 0 Å². The summed E-state index contributed by atoms with van der Waals surface area (Å²) in [7, 11) is 0. The molecule has 4 fully saturated rings. The van der Waals surface area contributed by atoms with Crippen molar-refractivity contribution in [2.75, 3.05) is 0 Å². The molecule has 0 radical (unpaired) electrons. The van der Waals surface area contributed by atoms with E-state index in [0.29, 0.717) is 11.8 Å². The van der Waals surface area contributed by atoms with Crippen molar-refractivity contribution in [2.24, 2.45) is 23.7 Å². The van der Waals surface area contributed by atoms with Crippen LogP contribution in [0.25, 0.3) is 93.6 Å². The fraction of sp³-hybridized carbons (Fsp3) is 0.172. The second-order valence-corrected chi connectivity index (χ2v) is 18.9. The summed E-state index contributed by atoms with van der Waals surface area (Å²) in [5.74, 6) is 2.90. The fourth-order valence-corrected chi connectivity index (χ4v) is 14.3. The Kier molecular flexibility index (Phi) is 6.32. The summed E-state index contributed by atoms with van der Waals surface area (Å²) in [5, 5.41) is 7.92. The molecule has 0 atom stereocenters. The Morgan fingerprint density at radius 2 is 0.820 bits per heavy atom. The normalized spacial score (nSPS) is 22.5. The monoisotopic (exact) mass is 781 g/mol. The molecule has 3 heteroatoms. The van der Waals surface area contributed by atoms with Crippen molar-refractivity contribution in [1.82, 2.24) is 13.7 Å². The molecule has 3 aromatic heterocycles. The lowest BCUT2D eigenvalue weighted by molar-refractivity contribution is -0.0418. The van der Waals surface area contributed by atoms with E-state index >= 15 is 0 Å². The summed E-state index contributed by atoms with van der Waals surface area (Å²) in [6.45, 7) is 0. The average molecular weight is 782 g/mol. The Balaban J connectivity index is 1.09. The highest BCUT2D eigenvalue weighted by atomic mass is 15.0. The van der Waals surface area contributed by atoms with Crippen LogP contribution in [0.5, 0.6) is 0 Å². The van der Waals surface area contributed by atoms with Gasteiger partial charge in [-0.15, -0.1) is 0 Å². The second-order valence-electron chi connectivity index (χ2n) is 18.9. The Morgan fingerprint density at radius 3 is 1.39 bits per heavy atom. The molecule has 8 aromatic carbocycles. The van der Waals surface area contributed by atoms with Gasteiger partial charge in [0, 0.05) is 54.5 Å². The first-order valence-corrected chi connectivity index (χ1v) is 22.5. The maximum atomic E-state index is 2.72. The van der Waals surface area contributed by atoms with E-state index in [1.165, 1.54) is 126 Å². The van der Waals surface area contributed by atoms with Crippen LogP contribution in [0.1, 0.15) is 43.2 Å². The topological polar surface area (TPSA) is 14.8 Å². The molecule has 4 bridgehead atoms. The summed E-state index contributed by atoms with van der Waals surface area (Å²) in [5.41, 5.74) is 17.3. The highest BCUT2D eigenvalue weighted by molar-refractivity contribution is 6.15. The van der Waals surface area contributed by atoms with E-state index in [1.807, 2.05) is 0 Å². The molecule has 290 valence electrons. The summed E-state index contributed by atoms with van der Waals surface area (Å²) in [6, 6.07) is 67.1. The molecule has 4 saturated carbocycles. The third kappa shape index (κ3) is 4.06. The molecule has 0 unspecified atom stereocenters. The van der Waals surface area contributed by atoms with Gasteiger partial charge < -0.3 is 13.7 Å². The van der Waals surface area contributed by atoms with Gasteiger partial charge in [-0.3, -0.25) is 0 Å². The lowest BCUT2D eigenvalue weighted by atomic mass is 9.41. The van der Waals surface area contributed by atoms with Gasteiger partial charge in [0.1, 0.15) is 0 Å². The van der Waals surface area contributed by atoms with Gasteiger partial charge in [0.2, 0.25) is 0 Å². The Morgan fingerprint density at radius 1 is 0.361 bits per heavy atom. The van der Waals surface area contributed by atoms with Gasteiger partial charge in [-0.1, -0.05) is 127 Å². The maximum absolute atomic E-state index is 2.72. The second kappa shape index (κ2) is 11.7. The molecule has 61 heavy (non-hydrogen) atoms. The molecule has 0 saturated heterocycles. The minimum atomic E-state index is -0.0854. The van der Waals surface area contributed by atoms with Crippen molar-refractivity contribution in [3.8, 4) is 28.2 Å². The zero-order valence-electron chi connectivity index (χ0n) is 33.9. The van der Waals surface area contributed by atoms with Crippen molar-refractivity contribution in [3.63, 3.8) is 0 Å². The van der Waals surface area contributed by atoms with Gasteiger partial charge in [0.15, 0.2) is 0 Å². The molecule has 5 aliphatic rings. The highest BCUT2D eigenvalue weighted by Gasteiger charge is 2.61. The van der Waals surface area contributed by atoms with Crippen molar-refractivity contribution in [1.29, 1.82) is 0 Å². The van der Waals surface area contributed by atoms with Crippen LogP contribution in [0.3, 0.4) is 0 Å². The first-order valence-electron chi connectivity index (χ1n) is 22.5. The molecule has 0 amide bonds. The zero-order valence-corrected chi connectivity index (χ0v) is 33.9. The highest BCUT2D eigenvalue weighted by Crippen LogP contribution is 2.69. The fourth-order valence-electron chi connectivity index (χ4n) is 14.3. The largest absolute Gasteiger partial charge is 0.309 e. The van der Waals surface area contributed by atoms with Gasteiger partial charge >= 0.3 is 0 Å². The van der Waals surface area contributed by atoms with Crippen LogP contribution >= 0.6 is 0 Å². The van der Waals surface area contributed by atoms with Crippen molar-refractivity contribution in [2.45, 2.75) is 37.5 Å².